The lowest BCUT2D eigenvalue weighted by Gasteiger charge is -2.28. The van der Waals surface area contributed by atoms with Crippen LogP contribution in [0.4, 0.5) is 0 Å². The van der Waals surface area contributed by atoms with Crippen LogP contribution in [0.1, 0.15) is 35.7 Å². The highest BCUT2D eigenvalue weighted by molar-refractivity contribution is 7.89. The summed E-state index contributed by atoms with van der Waals surface area (Å²) in [7, 11) is -3.29. The molecule has 0 saturated carbocycles. The molecule has 1 aliphatic rings. The molecule has 0 spiro atoms. The van der Waals surface area contributed by atoms with Crippen molar-refractivity contribution in [2.24, 2.45) is 5.92 Å². The molecule has 1 saturated heterocycles. The molecule has 8 nitrogen and oxygen atoms in total. The van der Waals surface area contributed by atoms with E-state index in [4.69, 9.17) is 4.74 Å². The van der Waals surface area contributed by atoms with Crippen molar-refractivity contribution in [2.45, 2.75) is 32.4 Å². The summed E-state index contributed by atoms with van der Waals surface area (Å²) in [5.41, 5.74) is 1.02. The van der Waals surface area contributed by atoms with Crippen LogP contribution in [0.3, 0.4) is 0 Å². The zero-order valence-corrected chi connectivity index (χ0v) is 15.4. The first kappa shape index (κ1) is 20.3. The molecule has 0 bridgehead atoms. The quantitative estimate of drug-likeness (QED) is 0.608. The molecule has 0 radical (unpaired) electrons. The second-order valence-electron chi connectivity index (χ2n) is 6.19. The Balaban J connectivity index is 1.98. The van der Waals surface area contributed by atoms with Gasteiger partial charge in [-0.1, -0.05) is 12.1 Å². The van der Waals surface area contributed by atoms with Gasteiger partial charge in [-0.3, -0.25) is 4.79 Å². The summed E-state index contributed by atoms with van der Waals surface area (Å²) in [5.74, 6) is -1.83. The molecule has 0 aromatic heterocycles. The van der Waals surface area contributed by atoms with E-state index in [0.29, 0.717) is 30.8 Å². The Morgan fingerprint density at radius 3 is 2.54 bits per heavy atom. The van der Waals surface area contributed by atoms with Gasteiger partial charge in [-0.05, 0) is 37.5 Å². The van der Waals surface area contributed by atoms with E-state index in [1.54, 1.807) is 31.2 Å². The molecule has 0 aliphatic carbocycles. The number of ether oxygens (including phenoxy) is 1. The molecule has 2 rings (SSSR count). The van der Waals surface area contributed by atoms with Crippen molar-refractivity contribution in [3.63, 3.8) is 0 Å². The van der Waals surface area contributed by atoms with Gasteiger partial charge in [0.25, 0.3) is 5.91 Å². The lowest BCUT2D eigenvalue weighted by Crippen LogP contribution is -2.48. The molecule has 3 N–H and O–H groups in total. The third-order valence-corrected chi connectivity index (χ3v) is 5.66. The van der Waals surface area contributed by atoms with Crippen molar-refractivity contribution in [1.29, 1.82) is 0 Å². The van der Waals surface area contributed by atoms with Gasteiger partial charge in [0.2, 0.25) is 10.0 Å². The molecule has 1 fully saturated rings. The van der Waals surface area contributed by atoms with Crippen LogP contribution in [0, 0.1) is 5.92 Å². The minimum atomic E-state index is -3.29. The van der Waals surface area contributed by atoms with Gasteiger partial charge in [0.05, 0.1) is 12.4 Å². The third-order valence-electron chi connectivity index (χ3n) is 4.31. The first-order chi connectivity index (χ1) is 12.3. The number of carboxylic acid groups (broad SMARTS) is 1. The molecule has 144 valence electrons. The summed E-state index contributed by atoms with van der Waals surface area (Å²) < 4.78 is 30.6. The highest BCUT2D eigenvalue weighted by atomic mass is 32.2. The maximum atomic E-state index is 12.4. The molecule has 1 heterocycles. The zero-order valence-electron chi connectivity index (χ0n) is 14.6. The van der Waals surface area contributed by atoms with Crippen molar-refractivity contribution < 1.29 is 27.9 Å². The predicted octanol–water partition coefficient (Wildman–Crippen LogP) is 0.736. The van der Waals surface area contributed by atoms with Gasteiger partial charge in [-0.25, -0.2) is 17.9 Å². The largest absolute Gasteiger partial charge is 0.480 e. The molecule has 2 atom stereocenters. The number of rotatable bonds is 8. The second-order valence-corrected chi connectivity index (χ2v) is 8.28. The van der Waals surface area contributed by atoms with Gasteiger partial charge in [-0.2, -0.15) is 0 Å². The Bertz CT molecular complexity index is 726. The Morgan fingerprint density at radius 1 is 1.31 bits per heavy atom. The van der Waals surface area contributed by atoms with E-state index >= 15 is 0 Å². The highest BCUT2D eigenvalue weighted by Crippen LogP contribution is 2.18. The van der Waals surface area contributed by atoms with Gasteiger partial charge in [-0.15, -0.1) is 0 Å². The van der Waals surface area contributed by atoms with Gasteiger partial charge in [0.1, 0.15) is 6.04 Å². The van der Waals surface area contributed by atoms with Gasteiger partial charge >= 0.3 is 5.97 Å². The van der Waals surface area contributed by atoms with E-state index in [1.807, 2.05) is 0 Å². The number of sulfonamides is 1. The van der Waals surface area contributed by atoms with Crippen molar-refractivity contribution >= 4 is 21.9 Å². The first-order valence-electron chi connectivity index (χ1n) is 8.50. The number of carbonyl (C=O) groups is 2. The van der Waals surface area contributed by atoms with Crippen molar-refractivity contribution in [2.75, 3.05) is 19.0 Å². The minimum Gasteiger partial charge on any atom is -0.480 e. The Morgan fingerprint density at radius 2 is 2.00 bits per heavy atom. The average molecular weight is 384 g/mol. The maximum absolute atomic E-state index is 12.4. The predicted molar refractivity (Wildman–Crippen MR) is 95.2 cm³/mol. The normalized spacial score (nSPS) is 18.9. The standard InChI is InChI=1S/C17H24N2O6S/c1-2-26(23,24)18-10-12-5-7-13(8-6-12)16(20)19-15(17(21)22)14-4-3-9-25-11-14/h5-8,14-15,18H,2-4,9-11H2,1H3,(H,19,20)(H,21,22). The van der Waals surface area contributed by atoms with Crippen LogP contribution in [0.25, 0.3) is 0 Å². The number of hydrogen-bond donors (Lipinski definition) is 3. The van der Waals surface area contributed by atoms with Crippen LogP contribution < -0.4 is 10.0 Å². The summed E-state index contributed by atoms with van der Waals surface area (Å²) in [6, 6.07) is 5.35. The maximum Gasteiger partial charge on any atom is 0.326 e. The monoisotopic (exact) mass is 384 g/mol. The van der Waals surface area contributed by atoms with Crippen molar-refractivity contribution in [3.05, 3.63) is 35.4 Å². The van der Waals surface area contributed by atoms with Crippen LogP contribution >= 0.6 is 0 Å². The number of amides is 1. The molecule has 9 heteroatoms. The summed E-state index contributed by atoms with van der Waals surface area (Å²) in [6.45, 7) is 2.61. The van der Waals surface area contributed by atoms with Crippen LogP contribution in [-0.2, 0) is 26.1 Å². The molecule has 1 aromatic rings. The number of carbonyl (C=O) groups excluding carboxylic acids is 1. The smallest absolute Gasteiger partial charge is 0.326 e. The van der Waals surface area contributed by atoms with E-state index in [-0.39, 0.29) is 18.2 Å². The molecular weight excluding hydrogens is 360 g/mol. The number of carboxylic acids is 1. The van der Waals surface area contributed by atoms with Crippen LogP contribution in [0.15, 0.2) is 24.3 Å². The van der Waals surface area contributed by atoms with Gasteiger partial charge in [0, 0.05) is 24.6 Å². The topological polar surface area (TPSA) is 122 Å². The molecule has 1 amide bonds. The third kappa shape index (κ3) is 5.79. The van der Waals surface area contributed by atoms with Crippen LogP contribution in [0.5, 0.6) is 0 Å². The molecule has 1 aromatic carbocycles. The molecule has 26 heavy (non-hydrogen) atoms. The zero-order chi connectivity index (χ0) is 19.2. The van der Waals surface area contributed by atoms with Gasteiger partial charge < -0.3 is 15.2 Å². The van der Waals surface area contributed by atoms with E-state index in [2.05, 4.69) is 10.0 Å². The molecule has 1 aliphatic heterocycles. The summed E-state index contributed by atoms with van der Waals surface area (Å²) in [6.07, 6.45) is 1.46. The summed E-state index contributed by atoms with van der Waals surface area (Å²) in [5, 5.41) is 12.0. The Labute approximate surface area is 153 Å². The Hall–Kier alpha value is -1.97. The minimum absolute atomic E-state index is 0.00501. The lowest BCUT2D eigenvalue weighted by atomic mass is 9.93. The number of aliphatic carboxylic acids is 1. The number of nitrogens with one attached hydrogen (secondary N) is 2. The van der Waals surface area contributed by atoms with E-state index in [1.165, 1.54) is 0 Å². The fourth-order valence-electron chi connectivity index (χ4n) is 2.70. The fraction of sp³-hybridized carbons (Fsp3) is 0.529. The van der Waals surface area contributed by atoms with Crippen LogP contribution in [0.2, 0.25) is 0 Å². The van der Waals surface area contributed by atoms with Crippen molar-refractivity contribution in [3.8, 4) is 0 Å². The highest BCUT2D eigenvalue weighted by Gasteiger charge is 2.31. The lowest BCUT2D eigenvalue weighted by molar-refractivity contribution is -0.142. The summed E-state index contributed by atoms with van der Waals surface area (Å²) >= 11 is 0. The first-order valence-corrected chi connectivity index (χ1v) is 10.2. The van der Waals surface area contributed by atoms with E-state index in [9.17, 15) is 23.1 Å². The average Bonchev–Trinajstić information content (AvgIpc) is 2.65. The Kier molecular flexibility index (Phi) is 7.13. The second kappa shape index (κ2) is 9.11. The van der Waals surface area contributed by atoms with E-state index < -0.39 is 27.9 Å². The molecular formula is C17H24N2O6S. The summed E-state index contributed by atoms with van der Waals surface area (Å²) in [4.78, 5) is 23.8. The number of benzene rings is 1. The fourth-order valence-corrected chi connectivity index (χ4v) is 3.29. The molecule has 2 unspecified atom stereocenters. The SMILES string of the molecule is CCS(=O)(=O)NCc1ccc(C(=O)NC(C(=O)O)C2CCCOC2)cc1. The van der Waals surface area contributed by atoms with Gasteiger partial charge in [0.15, 0.2) is 0 Å². The van der Waals surface area contributed by atoms with Crippen LogP contribution in [-0.4, -0.2) is 50.4 Å². The van der Waals surface area contributed by atoms with E-state index in [0.717, 1.165) is 6.42 Å². The number of hydrogen-bond acceptors (Lipinski definition) is 5. The van der Waals surface area contributed by atoms with Crippen molar-refractivity contribution in [1.82, 2.24) is 10.0 Å².